The molecule has 1 aliphatic rings. The molecular formula is C16H22N2O2. The first-order valence-electron chi connectivity index (χ1n) is 6.98. The number of amides is 2. The molecule has 0 aliphatic carbocycles. The molecule has 0 bridgehead atoms. The average Bonchev–Trinajstić information content (AvgIpc) is 2.40. The number of hydrogen-bond acceptors (Lipinski definition) is 2. The van der Waals surface area contributed by atoms with Gasteiger partial charge in [0.25, 0.3) is 0 Å². The van der Waals surface area contributed by atoms with E-state index in [-0.39, 0.29) is 18.2 Å². The first-order valence-corrected chi connectivity index (χ1v) is 6.98. The Morgan fingerprint density at radius 2 is 1.85 bits per heavy atom. The second-order valence-corrected chi connectivity index (χ2v) is 5.36. The Balaban J connectivity index is 1.86. The third-order valence-electron chi connectivity index (χ3n) is 3.27. The number of benzene rings is 1. The van der Waals surface area contributed by atoms with E-state index in [0.717, 1.165) is 5.56 Å². The van der Waals surface area contributed by atoms with Gasteiger partial charge in [-0.2, -0.15) is 0 Å². The standard InChI is InChI=1S/C16H22N2O2/c1-12-4-6-15(7-5-12)8-9-17-16(19)18-10-13(2)20-14(3)11-18/h4-9,13-14H,10-11H2,1-3H3,(H,17,19)/b9-8+. The van der Waals surface area contributed by atoms with Gasteiger partial charge in [-0.15, -0.1) is 0 Å². The number of urea groups is 1. The monoisotopic (exact) mass is 274 g/mol. The molecule has 0 saturated carbocycles. The van der Waals surface area contributed by atoms with E-state index in [9.17, 15) is 4.79 Å². The number of ether oxygens (including phenoxy) is 1. The molecule has 2 unspecified atom stereocenters. The van der Waals surface area contributed by atoms with E-state index >= 15 is 0 Å². The fourth-order valence-electron chi connectivity index (χ4n) is 2.32. The minimum atomic E-state index is -0.0737. The highest BCUT2D eigenvalue weighted by molar-refractivity contribution is 5.76. The van der Waals surface area contributed by atoms with Crippen LogP contribution < -0.4 is 5.32 Å². The van der Waals surface area contributed by atoms with Crippen molar-refractivity contribution in [1.82, 2.24) is 10.2 Å². The number of aryl methyl sites for hydroxylation is 1. The first-order chi connectivity index (χ1) is 9.54. The summed E-state index contributed by atoms with van der Waals surface area (Å²) >= 11 is 0. The molecule has 1 fully saturated rings. The maximum atomic E-state index is 12.0. The SMILES string of the molecule is Cc1ccc(/C=C/NC(=O)N2CC(C)OC(C)C2)cc1. The van der Waals surface area contributed by atoms with Crippen LogP contribution in [0.2, 0.25) is 0 Å². The van der Waals surface area contributed by atoms with E-state index in [2.05, 4.69) is 12.2 Å². The van der Waals surface area contributed by atoms with E-state index in [1.54, 1.807) is 11.1 Å². The third kappa shape index (κ3) is 4.10. The lowest BCUT2D eigenvalue weighted by Crippen LogP contribution is -2.50. The fraction of sp³-hybridized carbons (Fsp3) is 0.438. The van der Waals surface area contributed by atoms with Crippen LogP contribution in [-0.2, 0) is 4.74 Å². The van der Waals surface area contributed by atoms with E-state index < -0.39 is 0 Å². The zero-order chi connectivity index (χ0) is 14.5. The number of nitrogens with one attached hydrogen (secondary N) is 1. The molecule has 4 nitrogen and oxygen atoms in total. The normalized spacial score (nSPS) is 23.1. The molecule has 4 heteroatoms. The summed E-state index contributed by atoms with van der Waals surface area (Å²) in [6.45, 7) is 7.29. The lowest BCUT2D eigenvalue weighted by molar-refractivity contribution is -0.0541. The van der Waals surface area contributed by atoms with Crippen molar-refractivity contribution in [3.8, 4) is 0 Å². The summed E-state index contributed by atoms with van der Waals surface area (Å²) in [6.07, 6.45) is 3.76. The van der Waals surface area contributed by atoms with E-state index in [1.807, 2.05) is 44.2 Å². The van der Waals surface area contributed by atoms with Crippen LogP contribution in [0.15, 0.2) is 30.5 Å². The molecule has 1 aromatic rings. The van der Waals surface area contributed by atoms with Crippen LogP contribution in [-0.4, -0.2) is 36.2 Å². The Hall–Kier alpha value is -1.81. The predicted octanol–water partition coefficient (Wildman–Crippen LogP) is 2.78. The van der Waals surface area contributed by atoms with Crippen molar-refractivity contribution in [2.45, 2.75) is 33.0 Å². The van der Waals surface area contributed by atoms with Crippen molar-refractivity contribution in [3.05, 3.63) is 41.6 Å². The molecule has 2 amide bonds. The molecule has 2 rings (SSSR count). The van der Waals surface area contributed by atoms with Crippen molar-refractivity contribution in [2.75, 3.05) is 13.1 Å². The average molecular weight is 274 g/mol. The second-order valence-electron chi connectivity index (χ2n) is 5.36. The fourth-order valence-corrected chi connectivity index (χ4v) is 2.32. The molecule has 1 heterocycles. The molecule has 0 aromatic heterocycles. The molecule has 108 valence electrons. The number of carbonyl (C=O) groups is 1. The highest BCUT2D eigenvalue weighted by Crippen LogP contribution is 2.10. The topological polar surface area (TPSA) is 41.6 Å². The van der Waals surface area contributed by atoms with Gasteiger partial charge in [-0.1, -0.05) is 29.8 Å². The molecular weight excluding hydrogens is 252 g/mol. The van der Waals surface area contributed by atoms with Gasteiger partial charge in [0.2, 0.25) is 0 Å². The minimum absolute atomic E-state index is 0.0737. The molecule has 0 spiro atoms. The number of hydrogen-bond donors (Lipinski definition) is 1. The Bertz CT molecular complexity index is 472. The van der Waals surface area contributed by atoms with Gasteiger partial charge in [-0.3, -0.25) is 0 Å². The molecule has 20 heavy (non-hydrogen) atoms. The Labute approximate surface area is 120 Å². The quantitative estimate of drug-likeness (QED) is 0.901. The maximum absolute atomic E-state index is 12.0. The van der Waals surface area contributed by atoms with Crippen molar-refractivity contribution in [2.24, 2.45) is 0 Å². The number of morpholine rings is 1. The summed E-state index contributed by atoms with van der Waals surface area (Å²) in [4.78, 5) is 13.8. The van der Waals surface area contributed by atoms with Gasteiger partial charge in [0, 0.05) is 19.3 Å². The highest BCUT2D eigenvalue weighted by Gasteiger charge is 2.25. The van der Waals surface area contributed by atoms with Crippen molar-refractivity contribution in [1.29, 1.82) is 0 Å². The molecule has 1 N–H and O–H groups in total. The molecule has 1 saturated heterocycles. The van der Waals surface area contributed by atoms with Crippen LogP contribution in [0, 0.1) is 6.92 Å². The van der Waals surface area contributed by atoms with Crippen LogP contribution in [0.4, 0.5) is 4.79 Å². The van der Waals surface area contributed by atoms with Crippen molar-refractivity contribution >= 4 is 12.1 Å². The van der Waals surface area contributed by atoms with Gasteiger partial charge in [0.05, 0.1) is 12.2 Å². The number of rotatable bonds is 2. The Morgan fingerprint density at radius 3 is 2.45 bits per heavy atom. The Morgan fingerprint density at radius 1 is 1.25 bits per heavy atom. The highest BCUT2D eigenvalue weighted by atomic mass is 16.5. The van der Waals surface area contributed by atoms with Gasteiger partial charge in [0.15, 0.2) is 0 Å². The van der Waals surface area contributed by atoms with Gasteiger partial charge in [-0.05, 0) is 32.4 Å². The lowest BCUT2D eigenvalue weighted by Gasteiger charge is -2.34. The lowest BCUT2D eigenvalue weighted by atomic mass is 10.1. The zero-order valence-corrected chi connectivity index (χ0v) is 12.3. The van der Waals surface area contributed by atoms with E-state index in [4.69, 9.17) is 4.74 Å². The van der Waals surface area contributed by atoms with Crippen LogP contribution >= 0.6 is 0 Å². The van der Waals surface area contributed by atoms with E-state index in [0.29, 0.717) is 13.1 Å². The maximum Gasteiger partial charge on any atom is 0.321 e. The predicted molar refractivity (Wildman–Crippen MR) is 80.3 cm³/mol. The zero-order valence-electron chi connectivity index (χ0n) is 12.3. The van der Waals surface area contributed by atoms with Gasteiger partial charge in [-0.25, -0.2) is 4.79 Å². The number of carbonyl (C=O) groups excluding carboxylic acids is 1. The van der Waals surface area contributed by atoms with Gasteiger partial charge < -0.3 is 15.0 Å². The third-order valence-corrected chi connectivity index (χ3v) is 3.27. The van der Waals surface area contributed by atoms with Crippen LogP contribution in [0.25, 0.3) is 6.08 Å². The van der Waals surface area contributed by atoms with Crippen molar-refractivity contribution in [3.63, 3.8) is 0 Å². The molecule has 1 aliphatic heterocycles. The number of nitrogens with zero attached hydrogens (tertiary/aromatic N) is 1. The van der Waals surface area contributed by atoms with Crippen LogP contribution in [0.1, 0.15) is 25.0 Å². The van der Waals surface area contributed by atoms with Gasteiger partial charge >= 0.3 is 6.03 Å². The Kier molecular flexibility index (Phi) is 4.79. The largest absolute Gasteiger partial charge is 0.372 e. The summed E-state index contributed by atoms with van der Waals surface area (Å²) in [6, 6.07) is 8.07. The summed E-state index contributed by atoms with van der Waals surface area (Å²) in [5, 5.41) is 2.81. The molecule has 1 aromatic carbocycles. The summed E-state index contributed by atoms with van der Waals surface area (Å²) in [5.41, 5.74) is 2.29. The summed E-state index contributed by atoms with van der Waals surface area (Å²) in [5.74, 6) is 0. The van der Waals surface area contributed by atoms with Crippen LogP contribution in [0.3, 0.4) is 0 Å². The van der Waals surface area contributed by atoms with Crippen LogP contribution in [0.5, 0.6) is 0 Å². The second kappa shape index (κ2) is 6.57. The molecule has 0 radical (unpaired) electrons. The van der Waals surface area contributed by atoms with E-state index in [1.165, 1.54) is 5.56 Å². The van der Waals surface area contributed by atoms with Gasteiger partial charge in [0.1, 0.15) is 0 Å². The smallest absolute Gasteiger partial charge is 0.321 e. The van der Waals surface area contributed by atoms with Crippen molar-refractivity contribution < 1.29 is 9.53 Å². The first kappa shape index (κ1) is 14.6. The summed E-state index contributed by atoms with van der Waals surface area (Å²) in [7, 11) is 0. The molecule has 2 atom stereocenters. The summed E-state index contributed by atoms with van der Waals surface area (Å²) < 4.78 is 5.61. The minimum Gasteiger partial charge on any atom is -0.372 e.